The van der Waals surface area contributed by atoms with Crippen LogP contribution in [0.25, 0.3) is 0 Å². The SMILES string of the molecule is CN1CCN(c2ccc(C(C)(C)C(=O)O)cc2)C1=O. The number of urea groups is 1. The van der Waals surface area contributed by atoms with E-state index in [0.717, 1.165) is 11.3 Å². The third-order valence-corrected chi connectivity index (χ3v) is 3.65. The zero-order chi connectivity index (χ0) is 14.2. The van der Waals surface area contributed by atoms with Gasteiger partial charge in [0.05, 0.1) is 5.41 Å². The summed E-state index contributed by atoms with van der Waals surface area (Å²) in [6, 6.07) is 7.13. The molecule has 1 heterocycles. The third kappa shape index (κ3) is 2.28. The van der Waals surface area contributed by atoms with E-state index in [4.69, 9.17) is 0 Å². The molecule has 0 atom stereocenters. The quantitative estimate of drug-likeness (QED) is 0.905. The summed E-state index contributed by atoms with van der Waals surface area (Å²) in [5.41, 5.74) is 0.604. The summed E-state index contributed by atoms with van der Waals surface area (Å²) in [5.74, 6) is -0.864. The van der Waals surface area contributed by atoms with Crippen molar-refractivity contribution in [3.8, 4) is 0 Å². The molecule has 1 aromatic carbocycles. The zero-order valence-corrected chi connectivity index (χ0v) is 11.4. The van der Waals surface area contributed by atoms with E-state index in [1.165, 1.54) is 0 Å². The maximum Gasteiger partial charge on any atom is 0.324 e. The second-order valence-electron chi connectivity index (χ2n) is 5.33. The van der Waals surface area contributed by atoms with Gasteiger partial charge in [-0.05, 0) is 31.5 Å². The molecule has 19 heavy (non-hydrogen) atoms. The van der Waals surface area contributed by atoms with Gasteiger partial charge in [-0.3, -0.25) is 9.69 Å². The van der Waals surface area contributed by atoms with E-state index in [-0.39, 0.29) is 6.03 Å². The fraction of sp³-hybridized carbons (Fsp3) is 0.429. The number of hydrogen-bond acceptors (Lipinski definition) is 2. The highest BCUT2D eigenvalue weighted by molar-refractivity contribution is 5.94. The van der Waals surface area contributed by atoms with Crippen molar-refractivity contribution in [2.45, 2.75) is 19.3 Å². The molecule has 0 saturated carbocycles. The molecule has 0 radical (unpaired) electrons. The predicted molar refractivity (Wildman–Crippen MR) is 72.5 cm³/mol. The lowest BCUT2D eigenvalue weighted by Crippen LogP contribution is -2.30. The summed E-state index contributed by atoms with van der Waals surface area (Å²) >= 11 is 0. The molecule has 0 aromatic heterocycles. The Bertz CT molecular complexity index is 508. The average molecular weight is 262 g/mol. The van der Waals surface area contributed by atoms with Crippen molar-refractivity contribution in [1.29, 1.82) is 0 Å². The van der Waals surface area contributed by atoms with Gasteiger partial charge in [0.2, 0.25) is 0 Å². The molecule has 1 aliphatic heterocycles. The van der Waals surface area contributed by atoms with E-state index in [9.17, 15) is 14.7 Å². The molecule has 0 unspecified atom stereocenters. The van der Waals surface area contributed by atoms with Crippen LogP contribution in [0.5, 0.6) is 0 Å². The number of anilines is 1. The van der Waals surface area contributed by atoms with Gasteiger partial charge in [-0.2, -0.15) is 0 Å². The van der Waals surface area contributed by atoms with Gasteiger partial charge in [0.1, 0.15) is 0 Å². The fourth-order valence-corrected chi connectivity index (χ4v) is 2.07. The first-order valence-electron chi connectivity index (χ1n) is 6.20. The van der Waals surface area contributed by atoms with Crippen molar-refractivity contribution in [2.75, 3.05) is 25.0 Å². The molecule has 5 nitrogen and oxygen atoms in total. The van der Waals surface area contributed by atoms with Gasteiger partial charge >= 0.3 is 12.0 Å². The van der Waals surface area contributed by atoms with E-state index in [2.05, 4.69) is 0 Å². The first-order valence-corrected chi connectivity index (χ1v) is 6.20. The van der Waals surface area contributed by atoms with Gasteiger partial charge in [0, 0.05) is 25.8 Å². The van der Waals surface area contributed by atoms with Crippen LogP contribution in [-0.4, -0.2) is 42.1 Å². The number of carbonyl (C=O) groups is 2. The Kier molecular flexibility index (Phi) is 3.22. The van der Waals surface area contributed by atoms with Crippen LogP contribution in [0.1, 0.15) is 19.4 Å². The van der Waals surface area contributed by atoms with Crippen LogP contribution in [0.2, 0.25) is 0 Å². The van der Waals surface area contributed by atoms with Crippen molar-refractivity contribution >= 4 is 17.7 Å². The van der Waals surface area contributed by atoms with Crippen LogP contribution in [0.3, 0.4) is 0 Å². The molecule has 2 amide bonds. The summed E-state index contributed by atoms with van der Waals surface area (Å²) in [6.07, 6.45) is 0. The highest BCUT2D eigenvalue weighted by atomic mass is 16.4. The van der Waals surface area contributed by atoms with E-state index in [1.54, 1.807) is 55.0 Å². The second-order valence-corrected chi connectivity index (χ2v) is 5.33. The van der Waals surface area contributed by atoms with Crippen LogP contribution >= 0.6 is 0 Å². The number of likely N-dealkylation sites (N-methyl/N-ethyl adjacent to an activating group) is 1. The normalized spacial score (nSPS) is 16.1. The number of amides is 2. The Morgan fingerprint density at radius 1 is 1.21 bits per heavy atom. The van der Waals surface area contributed by atoms with E-state index in [0.29, 0.717) is 13.1 Å². The van der Waals surface area contributed by atoms with Crippen molar-refractivity contribution in [3.05, 3.63) is 29.8 Å². The van der Waals surface area contributed by atoms with Gasteiger partial charge in [-0.25, -0.2) is 4.79 Å². The van der Waals surface area contributed by atoms with Gasteiger partial charge < -0.3 is 10.0 Å². The number of aliphatic carboxylic acids is 1. The predicted octanol–water partition coefficient (Wildman–Crippen LogP) is 1.92. The molecule has 1 aromatic rings. The minimum absolute atomic E-state index is 0.0229. The molecule has 2 rings (SSSR count). The zero-order valence-electron chi connectivity index (χ0n) is 11.4. The lowest BCUT2D eigenvalue weighted by Gasteiger charge is -2.21. The highest BCUT2D eigenvalue weighted by Gasteiger charge is 2.30. The first kappa shape index (κ1) is 13.4. The maximum atomic E-state index is 11.9. The molecular formula is C14H18N2O3. The largest absolute Gasteiger partial charge is 0.481 e. The van der Waals surface area contributed by atoms with Gasteiger partial charge in [0.15, 0.2) is 0 Å². The number of hydrogen-bond donors (Lipinski definition) is 1. The Morgan fingerprint density at radius 2 is 1.79 bits per heavy atom. The highest BCUT2D eigenvalue weighted by Crippen LogP contribution is 2.27. The Morgan fingerprint density at radius 3 is 2.21 bits per heavy atom. The minimum Gasteiger partial charge on any atom is -0.481 e. The smallest absolute Gasteiger partial charge is 0.324 e. The monoisotopic (exact) mass is 262 g/mol. The Balaban J connectivity index is 2.25. The molecule has 0 aliphatic carbocycles. The maximum absolute atomic E-state index is 11.9. The van der Waals surface area contributed by atoms with Crippen LogP contribution in [0.4, 0.5) is 10.5 Å². The van der Waals surface area contributed by atoms with Crippen LogP contribution < -0.4 is 4.90 Å². The minimum atomic E-state index is -0.926. The lowest BCUT2D eigenvalue weighted by atomic mass is 9.85. The fourth-order valence-electron chi connectivity index (χ4n) is 2.07. The average Bonchev–Trinajstić information content (AvgIpc) is 2.70. The number of nitrogens with zero attached hydrogens (tertiary/aromatic N) is 2. The van der Waals surface area contributed by atoms with Crippen molar-refractivity contribution in [1.82, 2.24) is 4.90 Å². The van der Waals surface area contributed by atoms with Gasteiger partial charge in [-0.15, -0.1) is 0 Å². The first-order chi connectivity index (χ1) is 8.84. The molecule has 102 valence electrons. The molecule has 0 spiro atoms. The molecule has 1 N–H and O–H groups in total. The summed E-state index contributed by atoms with van der Waals surface area (Å²) in [4.78, 5) is 26.4. The molecular weight excluding hydrogens is 244 g/mol. The van der Waals surface area contributed by atoms with Crippen molar-refractivity contribution < 1.29 is 14.7 Å². The van der Waals surface area contributed by atoms with Crippen LogP contribution in [0.15, 0.2) is 24.3 Å². The van der Waals surface area contributed by atoms with E-state index in [1.807, 2.05) is 0 Å². The summed E-state index contributed by atoms with van der Waals surface area (Å²) in [6.45, 7) is 4.70. The summed E-state index contributed by atoms with van der Waals surface area (Å²) < 4.78 is 0. The molecule has 1 aliphatic rings. The Hall–Kier alpha value is -2.04. The third-order valence-electron chi connectivity index (χ3n) is 3.65. The summed E-state index contributed by atoms with van der Waals surface area (Å²) in [7, 11) is 1.77. The number of carbonyl (C=O) groups excluding carboxylic acids is 1. The number of benzene rings is 1. The van der Waals surface area contributed by atoms with E-state index < -0.39 is 11.4 Å². The van der Waals surface area contributed by atoms with Crippen LogP contribution in [0, 0.1) is 0 Å². The molecule has 1 fully saturated rings. The topological polar surface area (TPSA) is 60.9 Å². The lowest BCUT2D eigenvalue weighted by molar-refractivity contribution is -0.142. The second kappa shape index (κ2) is 4.57. The van der Waals surface area contributed by atoms with Crippen molar-refractivity contribution in [2.24, 2.45) is 0 Å². The van der Waals surface area contributed by atoms with Crippen LogP contribution in [-0.2, 0) is 10.2 Å². The molecule has 1 saturated heterocycles. The number of carboxylic acid groups (broad SMARTS) is 1. The van der Waals surface area contributed by atoms with E-state index >= 15 is 0 Å². The Labute approximate surface area is 112 Å². The molecule has 5 heteroatoms. The van der Waals surface area contributed by atoms with Crippen molar-refractivity contribution in [3.63, 3.8) is 0 Å². The molecule has 0 bridgehead atoms. The van der Waals surface area contributed by atoms with Gasteiger partial charge in [-0.1, -0.05) is 12.1 Å². The standard InChI is InChI=1S/C14H18N2O3/c1-14(2,12(17)18)10-4-6-11(7-5-10)16-9-8-15(3)13(16)19/h4-7H,8-9H2,1-3H3,(H,17,18). The number of carboxylic acids is 1. The van der Waals surface area contributed by atoms with Gasteiger partial charge in [0.25, 0.3) is 0 Å². The number of rotatable bonds is 3. The summed E-state index contributed by atoms with van der Waals surface area (Å²) in [5, 5.41) is 9.18.